The van der Waals surface area contributed by atoms with Crippen molar-refractivity contribution >= 4 is 0 Å². The summed E-state index contributed by atoms with van der Waals surface area (Å²) in [5.74, 6) is 0. The summed E-state index contributed by atoms with van der Waals surface area (Å²) in [5.41, 5.74) is 6.84. The molecular weight excluding hydrogens is 166 g/mol. The largest absolute Gasteiger partial charge is 0.383 e. The molecule has 1 unspecified atom stereocenters. The number of methoxy groups -OCH3 is 1. The topological polar surface area (TPSA) is 53.1 Å². The van der Waals surface area contributed by atoms with Crippen LogP contribution < -0.4 is 5.73 Å². The molecule has 0 bridgehead atoms. The second-order valence-electron chi connectivity index (χ2n) is 3.32. The monoisotopic (exact) mass is 183 g/mol. The summed E-state index contributed by atoms with van der Waals surface area (Å²) in [6.45, 7) is 4.71. The van der Waals surface area contributed by atoms with Gasteiger partial charge < -0.3 is 15.0 Å². The molecule has 0 fully saturated rings. The molecule has 13 heavy (non-hydrogen) atoms. The Morgan fingerprint density at radius 2 is 2.31 bits per heavy atom. The number of hydrogen-bond acceptors (Lipinski definition) is 3. The molecule has 1 aromatic heterocycles. The molecule has 0 spiro atoms. The third-order valence-electron chi connectivity index (χ3n) is 2.05. The van der Waals surface area contributed by atoms with Crippen LogP contribution in [0.15, 0.2) is 12.5 Å². The fourth-order valence-electron chi connectivity index (χ4n) is 1.36. The lowest BCUT2D eigenvalue weighted by atomic mass is 10.2. The van der Waals surface area contributed by atoms with Gasteiger partial charge in [0.25, 0.3) is 0 Å². The highest BCUT2D eigenvalue weighted by molar-refractivity contribution is 5.04. The quantitative estimate of drug-likeness (QED) is 0.760. The maximum atomic E-state index is 5.79. The van der Waals surface area contributed by atoms with Crippen molar-refractivity contribution in [1.29, 1.82) is 0 Å². The first-order valence-corrected chi connectivity index (χ1v) is 4.43. The molecule has 2 atom stereocenters. The van der Waals surface area contributed by atoms with Crippen LogP contribution in [0.2, 0.25) is 0 Å². The third-order valence-corrected chi connectivity index (χ3v) is 2.05. The van der Waals surface area contributed by atoms with Gasteiger partial charge in [0, 0.05) is 19.3 Å². The van der Waals surface area contributed by atoms with Gasteiger partial charge in [-0.05, 0) is 13.8 Å². The molecule has 0 aliphatic carbocycles. The molecule has 0 saturated carbocycles. The van der Waals surface area contributed by atoms with E-state index in [2.05, 4.69) is 11.9 Å². The van der Waals surface area contributed by atoms with E-state index in [-0.39, 0.29) is 12.1 Å². The fourth-order valence-corrected chi connectivity index (χ4v) is 1.36. The van der Waals surface area contributed by atoms with Gasteiger partial charge in [-0.25, -0.2) is 4.98 Å². The minimum absolute atomic E-state index is 0.0156. The molecule has 1 heterocycles. The van der Waals surface area contributed by atoms with Gasteiger partial charge in [0.05, 0.1) is 24.7 Å². The molecule has 0 saturated heterocycles. The van der Waals surface area contributed by atoms with Gasteiger partial charge in [-0.3, -0.25) is 0 Å². The zero-order chi connectivity index (χ0) is 9.84. The lowest BCUT2D eigenvalue weighted by Crippen LogP contribution is -2.17. The number of aromatic nitrogens is 2. The van der Waals surface area contributed by atoms with Crippen LogP contribution in [0, 0.1) is 0 Å². The Balaban J connectivity index is 2.80. The predicted molar refractivity (Wildman–Crippen MR) is 51.4 cm³/mol. The molecule has 4 nitrogen and oxygen atoms in total. The predicted octanol–water partition coefficient (Wildman–Crippen LogP) is 1.11. The van der Waals surface area contributed by atoms with Crippen LogP contribution in [0.3, 0.4) is 0 Å². The van der Waals surface area contributed by atoms with E-state index in [0.29, 0.717) is 6.61 Å². The van der Waals surface area contributed by atoms with Crippen LogP contribution in [0.4, 0.5) is 0 Å². The second kappa shape index (κ2) is 4.39. The van der Waals surface area contributed by atoms with Crippen molar-refractivity contribution in [3.8, 4) is 0 Å². The SMILES string of the molecule is COCC(C)n1cncc1[C@H](C)N. The fraction of sp³-hybridized carbons (Fsp3) is 0.667. The Labute approximate surface area is 78.7 Å². The van der Waals surface area contributed by atoms with E-state index in [9.17, 15) is 0 Å². The minimum Gasteiger partial charge on any atom is -0.383 e. The molecular formula is C9H17N3O. The van der Waals surface area contributed by atoms with Crippen LogP contribution in [0.1, 0.15) is 31.6 Å². The first kappa shape index (κ1) is 10.2. The normalized spacial score (nSPS) is 15.7. The third kappa shape index (κ3) is 2.29. The molecule has 0 radical (unpaired) electrons. The van der Waals surface area contributed by atoms with E-state index >= 15 is 0 Å². The Morgan fingerprint density at radius 1 is 1.62 bits per heavy atom. The van der Waals surface area contributed by atoms with Crippen molar-refractivity contribution in [2.75, 3.05) is 13.7 Å². The van der Waals surface area contributed by atoms with Crippen molar-refractivity contribution in [3.05, 3.63) is 18.2 Å². The zero-order valence-corrected chi connectivity index (χ0v) is 8.40. The summed E-state index contributed by atoms with van der Waals surface area (Å²) in [7, 11) is 1.69. The van der Waals surface area contributed by atoms with Gasteiger partial charge in [0.15, 0.2) is 0 Å². The van der Waals surface area contributed by atoms with Crippen molar-refractivity contribution in [2.45, 2.75) is 25.9 Å². The summed E-state index contributed by atoms with van der Waals surface area (Å²) >= 11 is 0. The number of imidazole rings is 1. The highest BCUT2D eigenvalue weighted by Crippen LogP contribution is 2.14. The van der Waals surface area contributed by atoms with Crippen LogP contribution in [0.5, 0.6) is 0 Å². The molecule has 0 aliphatic heterocycles. The van der Waals surface area contributed by atoms with Crippen LogP contribution in [-0.2, 0) is 4.74 Å². The summed E-state index contributed by atoms with van der Waals surface area (Å²) in [6, 6.07) is 0.301. The summed E-state index contributed by atoms with van der Waals surface area (Å²) in [6.07, 6.45) is 3.60. The first-order chi connectivity index (χ1) is 6.16. The van der Waals surface area contributed by atoms with E-state index < -0.39 is 0 Å². The lowest BCUT2D eigenvalue weighted by molar-refractivity contribution is 0.160. The molecule has 74 valence electrons. The number of nitrogens with two attached hydrogens (primary N) is 1. The van der Waals surface area contributed by atoms with Crippen molar-refractivity contribution in [2.24, 2.45) is 5.73 Å². The van der Waals surface area contributed by atoms with E-state index in [1.807, 2.05) is 11.5 Å². The molecule has 4 heteroatoms. The van der Waals surface area contributed by atoms with Crippen LogP contribution >= 0.6 is 0 Å². The Kier molecular flexibility index (Phi) is 3.45. The van der Waals surface area contributed by atoms with E-state index in [4.69, 9.17) is 10.5 Å². The number of rotatable bonds is 4. The van der Waals surface area contributed by atoms with Gasteiger partial charge in [-0.2, -0.15) is 0 Å². The summed E-state index contributed by atoms with van der Waals surface area (Å²) in [4.78, 5) is 4.07. The molecule has 1 aromatic rings. The van der Waals surface area contributed by atoms with Gasteiger partial charge in [-0.1, -0.05) is 0 Å². The highest BCUT2D eigenvalue weighted by atomic mass is 16.5. The van der Waals surface area contributed by atoms with Crippen LogP contribution in [0.25, 0.3) is 0 Å². The van der Waals surface area contributed by atoms with Crippen molar-refractivity contribution in [3.63, 3.8) is 0 Å². The maximum Gasteiger partial charge on any atom is 0.0952 e. The standard InChI is InChI=1S/C9H17N3O/c1-7(5-13-3)12-6-11-4-9(12)8(2)10/h4,6-8H,5,10H2,1-3H3/t7?,8-/m0/s1. The van der Waals surface area contributed by atoms with Crippen molar-refractivity contribution in [1.82, 2.24) is 9.55 Å². The summed E-state index contributed by atoms with van der Waals surface area (Å²) in [5, 5.41) is 0. The lowest BCUT2D eigenvalue weighted by Gasteiger charge is -2.17. The highest BCUT2D eigenvalue weighted by Gasteiger charge is 2.11. The van der Waals surface area contributed by atoms with Gasteiger partial charge in [-0.15, -0.1) is 0 Å². The molecule has 0 aliphatic rings. The van der Waals surface area contributed by atoms with Gasteiger partial charge in [0.2, 0.25) is 0 Å². The van der Waals surface area contributed by atoms with Crippen molar-refractivity contribution < 1.29 is 4.74 Å². The van der Waals surface area contributed by atoms with E-state index in [1.165, 1.54) is 0 Å². The molecule has 0 aromatic carbocycles. The Morgan fingerprint density at radius 3 is 2.85 bits per heavy atom. The van der Waals surface area contributed by atoms with Gasteiger partial charge in [0.1, 0.15) is 0 Å². The van der Waals surface area contributed by atoms with Crippen LogP contribution in [-0.4, -0.2) is 23.3 Å². The van der Waals surface area contributed by atoms with E-state index in [0.717, 1.165) is 5.69 Å². The first-order valence-electron chi connectivity index (χ1n) is 4.43. The smallest absolute Gasteiger partial charge is 0.0952 e. The zero-order valence-electron chi connectivity index (χ0n) is 8.40. The minimum atomic E-state index is 0.0156. The Hall–Kier alpha value is -0.870. The number of ether oxygens (including phenoxy) is 1. The Bertz CT molecular complexity index is 257. The molecule has 1 rings (SSSR count). The number of nitrogens with zero attached hydrogens (tertiary/aromatic N) is 2. The van der Waals surface area contributed by atoms with Gasteiger partial charge >= 0.3 is 0 Å². The average molecular weight is 183 g/mol. The molecule has 2 N–H and O–H groups in total. The second-order valence-corrected chi connectivity index (χ2v) is 3.32. The number of hydrogen-bond donors (Lipinski definition) is 1. The van der Waals surface area contributed by atoms with E-state index in [1.54, 1.807) is 19.6 Å². The maximum absolute atomic E-state index is 5.79. The average Bonchev–Trinajstić information content (AvgIpc) is 2.52. The molecule has 0 amide bonds. The summed E-state index contributed by atoms with van der Waals surface area (Å²) < 4.78 is 7.12.